The van der Waals surface area contributed by atoms with Crippen molar-refractivity contribution in [1.82, 2.24) is 19.9 Å². The Bertz CT molecular complexity index is 1160. The maximum atomic E-state index is 6.13. The third-order valence-electron chi connectivity index (χ3n) is 4.54. The molecule has 2 aromatic heterocycles. The van der Waals surface area contributed by atoms with Gasteiger partial charge in [-0.1, -0.05) is 42.5 Å². The van der Waals surface area contributed by atoms with Gasteiger partial charge in [0.15, 0.2) is 17.3 Å². The highest BCUT2D eigenvalue weighted by Gasteiger charge is 2.13. The third kappa shape index (κ3) is 4.33. The molecule has 0 radical (unpaired) electrons. The smallest absolute Gasteiger partial charge is 0.214 e. The van der Waals surface area contributed by atoms with E-state index in [0.29, 0.717) is 35.2 Å². The number of benzene rings is 2. The number of hydrogen-bond donors (Lipinski definition) is 2. The molecule has 0 unspecified atom stereocenters. The first-order valence-corrected chi connectivity index (χ1v) is 9.81. The van der Waals surface area contributed by atoms with E-state index in [-0.39, 0.29) is 0 Å². The van der Waals surface area contributed by atoms with E-state index >= 15 is 0 Å². The number of nitrogens with one attached hydrogen (secondary N) is 2. The second-order valence-corrected chi connectivity index (χ2v) is 6.87. The second-order valence-electron chi connectivity index (χ2n) is 6.48. The zero-order chi connectivity index (χ0) is 20.8. The summed E-state index contributed by atoms with van der Waals surface area (Å²) >= 11 is 5.40. The topological polar surface area (TPSA) is 77.0 Å². The first kappa shape index (κ1) is 19.7. The van der Waals surface area contributed by atoms with Crippen LogP contribution >= 0.6 is 12.2 Å². The molecule has 4 rings (SSSR count). The van der Waals surface area contributed by atoms with Gasteiger partial charge in [-0.05, 0) is 36.0 Å². The van der Waals surface area contributed by atoms with Gasteiger partial charge in [-0.15, -0.1) is 0 Å². The number of pyridine rings is 1. The van der Waals surface area contributed by atoms with E-state index in [1.165, 1.54) is 0 Å². The maximum Gasteiger partial charge on any atom is 0.214 e. The fraction of sp³-hybridized carbons (Fsp3) is 0.136. The molecular formula is C22H21N5O2S. The van der Waals surface area contributed by atoms with Crippen LogP contribution in [0.4, 0.5) is 0 Å². The van der Waals surface area contributed by atoms with Gasteiger partial charge in [-0.2, -0.15) is 5.10 Å². The normalized spacial score (nSPS) is 10.6. The lowest BCUT2D eigenvalue weighted by molar-refractivity contribution is 0.281. The molecule has 2 heterocycles. The zero-order valence-electron chi connectivity index (χ0n) is 16.4. The van der Waals surface area contributed by atoms with Gasteiger partial charge in [-0.3, -0.25) is 4.98 Å². The van der Waals surface area contributed by atoms with Gasteiger partial charge >= 0.3 is 0 Å². The molecule has 2 N–H and O–H groups in total. The standard InChI is InChI=1S/C22H21N5O2S/c1-28-19-9-5-8-18(20(19)29-15-16-6-3-2-4-7-16)14-24-27-21(25-26-22(27)30)17-10-12-23-13-11-17/h2-13,24H,14-15H2,1H3,(H,26,30). The second kappa shape index (κ2) is 9.23. The number of ether oxygens (including phenoxy) is 2. The number of aromatic amines is 1. The van der Waals surface area contributed by atoms with Gasteiger partial charge < -0.3 is 14.9 Å². The zero-order valence-corrected chi connectivity index (χ0v) is 17.2. The SMILES string of the molecule is COc1cccc(CNn2c(-c3ccncc3)n[nH]c2=S)c1OCc1ccccc1. The van der Waals surface area contributed by atoms with Crippen LogP contribution in [-0.2, 0) is 13.2 Å². The molecule has 4 aromatic rings. The molecule has 152 valence electrons. The van der Waals surface area contributed by atoms with Crippen LogP contribution in [0, 0.1) is 4.77 Å². The van der Waals surface area contributed by atoms with Gasteiger partial charge in [0.05, 0.1) is 13.7 Å². The van der Waals surface area contributed by atoms with Crippen LogP contribution in [0.2, 0.25) is 0 Å². The summed E-state index contributed by atoms with van der Waals surface area (Å²) < 4.78 is 13.9. The predicted molar refractivity (Wildman–Crippen MR) is 117 cm³/mol. The minimum atomic E-state index is 0.446. The van der Waals surface area contributed by atoms with Gasteiger partial charge in [0.2, 0.25) is 4.77 Å². The molecule has 0 amide bonds. The lowest BCUT2D eigenvalue weighted by Crippen LogP contribution is -2.16. The molecule has 0 aliphatic carbocycles. The Morgan fingerprint density at radius 1 is 1.03 bits per heavy atom. The molecule has 30 heavy (non-hydrogen) atoms. The van der Waals surface area contributed by atoms with Crippen molar-refractivity contribution >= 4 is 12.2 Å². The summed E-state index contributed by atoms with van der Waals surface area (Å²) in [5.74, 6) is 2.05. The number of aromatic nitrogens is 4. The summed E-state index contributed by atoms with van der Waals surface area (Å²) in [4.78, 5) is 4.05. The molecule has 0 saturated carbocycles. The highest BCUT2D eigenvalue weighted by atomic mass is 32.1. The van der Waals surface area contributed by atoms with Gasteiger partial charge in [0.25, 0.3) is 0 Å². The molecular weight excluding hydrogens is 398 g/mol. The Balaban J connectivity index is 1.57. The van der Waals surface area contributed by atoms with E-state index in [0.717, 1.165) is 16.7 Å². The Labute approximate surface area is 179 Å². The summed E-state index contributed by atoms with van der Waals surface area (Å²) in [6.07, 6.45) is 3.43. The number of hydrogen-bond acceptors (Lipinski definition) is 6. The highest BCUT2D eigenvalue weighted by molar-refractivity contribution is 7.71. The highest BCUT2D eigenvalue weighted by Crippen LogP contribution is 2.32. The number of rotatable bonds is 8. The van der Waals surface area contributed by atoms with Crippen molar-refractivity contribution in [2.24, 2.45) is 0 Å². The summed E-state index contributed by atoms with van der Waals surface area (Å²) in [5.41, 5.74) is 6.25. The molecule has 0 aliphatic heterocycles. The molecule has 0 saturated heterocycles. The summed E-state index contributed by atoms with van der Waals surface area (Å²) in [5, 5.41) is 7.16. The predicted octanol–water partition coefficient (Wildman–Crippen LogP) is 4.33. The van der Waals surface area contributed by atoms with Crippen LogP contribution in [0.1, 0.15) is 11.1 Å². The van der Waals surface area contributed by atoms with E-state index in [9.17, 15) is 0 Å². The number of methoxy groups -OCH3 is 1. The van der Waals surface area contributed by atoms with Gasteiger partial charge in [0.1, 0.15) is 6.61 Å². The van der Waals surface area contributed by atoms with Crippen molar-refractivity contribution in [2.45, 2.75) is 13.2 Å². The summed E-state index contributed by atoms with van der Waals surface area (Å²) in [6, 6.07) is 19.6. The van der Waals surface area contributed by atoms with E-state index in [1.807, 2.05) is 60.7 Å². The van der Waals surface area contributed by atoms with Crippen molar-refractivity contribution in [1.29, 1.82) is 0 Å². The van der Waals surface area contributed by atoms with Crippen molar-refractivity contribution in [3.63, 3.8) is 0 Å². The van der Waals surface area contributed by atoms with Crippen molar-refractivity contribution < 1.29 is 9.47 Å². The Hall–Kier alpha value is -3.65. The number of nitrogens with zero attached hydrogens (tertiary/aromatic N) is 3. The number of H-pyrrole nitrogens is 1. The maximum absolute atomic E-state index is 6.13. The van der Waals surface area contributed by atoms with E-state index < -0.39 is 0 Å². The Kier molecular flexibility index (Phi) is 6.05. The lowest BCUT2D eigenvalue weighted by atomic mass is 10.2. The monoisotopic (exact) mass is 419 g/mol. The largest absolute Gasteiger partial charge is 0.493 e. The number of para-hydroxylation sites is 1. The summed E-state index contributed by atoms with van der Waals surface area (Å²) in [7, 11) is 1.63. The van der Waals surface area contributed by atoms with Crippen LogP contribution < -0.4 is 14.9 Å². The minimum Gasteiger partial charge on any atom is -0.493 e. The van der Waals surface area contributed by atoms with Crippen molar-refractivity contribution in [2.75, 3.05) is 12.5 Å². The van der Waals surface area contributed by atoms with Gasteiger partial charge in [0, 0.05) is 23.5 Å². The quantitative estimate of drug-likeness (QED) is 0.414. The van der Waals surface area contributed by atoms with Crippen LogP contribution in [0.15, 0.2) is 73.1 Å². The minimum absolute atomic E-state index is 0.446. The molecule has 0 atom stereocenters. The molecule has 0 fully saturated rings. The fourth-order valence-electron chi connectivity index (χ4n) is 3.06. The molecule has 0 spiro atoms. The molecule has 7 nitrogen and oxygen atoms in total. The average molecular weight is 420 g/mol. The van der Waals surface area contributed by atoms with Crippen LogP contribution in [0.5, 0.6) is 11.5 Å². The van der Waals surface area contributed by atoms with Gasteiger partial charge in [-0.25, -0.2) is 9.77 Å². The van der Waals surface area contributed by atoms with Crippen molar-refractivity contribution in [3.8, 4) is 22.9 Å². The average Bonchev–Trinajstić information content (AvgIpc) is 3.17. The Morgan fingerprint density at radius 3 is 2.60 bits per heavy atom. The van der Waals surface area contributed by atoms with E-state index in [2.05, 4.69) is 20.6 Å². The third-order valence-corrected chi connectivity index (χ3v) is 4.82. The van der Waals surface area contributed by atoms with Crippen LogP contribution in [0.3, 0.4) is 0 Å². The van der Waals surface area contributed by atoms with Crippen LogP contribution in [0.25, 0.3) is 11.4 Å². The molecule has 0 aliphatic rings. The van der Waals surface area contributed by atoms with Crippen LogP contribution in [-0.4, -0.2) is 27.0 Å². The summed E-state index contributed by atoms with van der Waals surface area (Å²) in [6.45, 7) is 0.912. The van der Waals surface area contributed by atoms with Crippen molar-refractivity contribution in [3.05, 3.63) is 89.0 Å². The van der Waals surface area contributed by atoms with E-state index in [1.54, 1.807) is 24.2 Å². The first-order valence-electron chi connectivity index (χ1n) is 9.40. The first-order chi connectivity index (χ1) is 14.8. The lowest BCUT2D eigenvalue weighted by Gasteiger charge is -2.17. The fourth-order valence-corrected chi connectivity index (χ4v) is 3.25. The molecule has 2 aromatic carbocycles. The molecule has 0 bridgehead atoms. The van der Waals surface area contributed by atoms with E-state index in [4.69, 9.17) is 21.7 Å². The Morgan fingerprint density at radius 2 is 1.83 bits per heavy atom. The molecule has 8 heteroatoms.